The second kappa shape index (κ2) is 12.7. The largest absolute Gasteiger partial charge is 0.507 e. The molecular formula is C30H42N2O2. The maximum atomic E-state index is 10.6. The zero-order chi connectivity index (χ0) is 24.5. The van der Waals surface area contributed by atoms with E-state index in [1.165, 1.54) is 11.1 Å². The van der Waals surface area contributed by atoms with E-state index in [2.05, 4.69) is 38.1 Å². The molecule has 2 unspecified atom stereocenters. The topological polar surface area (TPSA) is 65.2 Å². The molecule has 0 radical (unpaired) electrons. The van der Waals surface area contributed by atoms with E-state index in [4.69, 9.17) is 9.98 Å². The molecule has 3 rings (SSSR count). The van der Waals surface area contributed by atoms with E-state index >= 15 is 0 Å². The minimum Gasteiger partial charge on any atom is -0.507 e. The van der Waals surface area contributed by atoms with Gasteiger partial charge in [0.25, 0.3) is 0 Å². The van der Waals surface area contributed by atoms with Gasteiger partial charge in [0.1, 0.15) is 11.5 Å². The third-order valence-corrected chi connectivity index (χ3v) is 6.92. The van der Waals surface area contributed by atoms with Crippen LogP contribution in [0.5, 0.6) is 11.5 Å². The molecule has 1 aliphatic carbocycles. The van der Waals surface area contributed by atoms with Crippen LogP contribution in [0.4, 0.5) is 0 Å². The Labute approximate surface area is 205 Å². The van der Waals surface area contributed by atoms with Crippen molar-refractivity contribution in [1.82, 2.24) is 0 Å². The summed E-state index contributed by atoms with van der Waals surface area (Å²) in [5.41, 5.74) is 5.92. The summed E-state index contributed by atoms with van der Waals surface area (Å²) < 4.78 is 0. The van der Waals surface area contributed by atoms with Crippen LogP contribution in [0.3, 0.4) is 0 Å². The highest BCUT2D eigenvalue weighted by Crippen LogP contribution is 2.28. The van der Waals surface area contributed by atoms with Crippen LogP contribution in [-0.4, -0.2) is 34.7 Å². The first-order valence-electron chi connectivity index (χ1n) is 13.1. The summed E-state index contributed by atoms with van der Waals surface area (Å²) in [6, 6.07) is 8.50. The van der Waals surface area contributed by atoms with Gasteiger partial charge in [-0.3, -0.25) is 9.98 Å². The summed E-state index contributed by atoms with van der Waals surface area (Å²) in [7, 11) is 0. The molecule has 2 atom stereocenters. The van der Waals surface area contributed by atoms with Crippen LogP contribution < -0.4 is 0 Å². The smallest absolute Gasteiger partial charge is 0.127 e. The van der Waals surface area contributed by atoms with Crippen LogP contribution in [0.25, 0.3) is 0 Å². The van der Waals surface area contributed by atoms with E-state index in [0.29, 0.717) is 11.5 Å². The van der Waals surface area contributed by atoms with Gasteiger partial charge in [0, 0.05) is 23.6 Å². The Morgan fingerprint density at radius 1 is 0.735 bits per heavy atom. The van der Waals surface area contributed by atoms with Gasteiger partial charge in [-0.25, -0.2) is 0 Å². The van der Waals surface area contributed by atoms with E-state index < -0.39 is 0 Å². The Morgan fingerprint density at radius 2 is 1.15 bits per heavy atom. The van der Waals surface area contributed by atoms with Gasteiger partial charge >= 0.3 is 0 Å². The first-order chi connectivity index (χ1) is 16.4. The molecule has 0 heterocycles. The van der Waals surface area contributed by atoms with Crippen molar-refractivity contribution in [2.75, 3.05) is 0 Å². The Kier molecular flexibility index (Phi) is 9.74. The summed E-state index contributed by atoms with van der Waals surface area (Å²) in [5, 5.41) is 21.2. The number of unbranched alkanes of at least 4 members (excludes halogenated alkanes) is 2. The molecule has 0 aliphatic heterocycles. The zero-order valence-corrected chi connectivity index (χ0v) is 21.5. The van der Waals surface area contributed by atoms with Crippen molar-refractivity contribution in [2.45, 2.75) is 104 Å². The van der Waals surface area contributed by atoms with Gasteiger partial charge in [0.2, 0.25) is 0 Å². The normalized spacial score (nSPS) is 18.8. The standard InChI is InChI=1S/C30H42N2O2/c1-5-7-11-23-15-21(3)29(33)25(17-23)19-31-27-13-9-10-14-28(27)32-20-26-18-24(12-8-6-2)16-22(4)30(26)34/h15-20,27-28,33-34H,5-14H2,1-4H3. The van der Waals surface area contributed by atoms with Crippen LogP contribution in [0.2, 0.25) is 0 Å². The van der Waals surface area contributed by atoms with E-state index in [0.717, 1.165) is 86.5 Å². The lowest BCUT2D eigenvalue weighted by molar-refractivity contribution is 0.390. The lowest BCUT2D eigenvalue weighted by Crippen LogP contribution is -2.27. The average molecular weight is 463 g/mol. The molecule has 1 fully saturated rings. The molecule has 184 valence electrons. The van der Waals surface area contributed by atoms with Crippen LogP contribution >= 0.6 is 0 Å². The number of hydrogen-bond donors (Lipinski definition) is 2. The minimum absolute atomic E-state index is 0.0931. The Bertz CT molecular complexity index is 928. The van der Waals surface area contributed by atoms with Gasteiger partial charge in [-0.1, -0.05) is 51.7 Å². The number of aryl methyl sites for hydroxylation is 4. The van der Waals surface area contributed by atoms with Gasteiger partial charge in [-0.05, 0) is 86.8 Å². The van der Waals surface area contributed by atoms with Crippen molar-refractivity contribution in [3.8, 4) is 11.5 Å². The number of rotatable bonds is 10. The number of aromatic hydroxyl groups is 2. The highest BCUT2D eigenvalue weighted by Gasteiger charge is 2.23. The average Bonchev–Trinajstić information content (AvgIpc) is 2.84. The number of phenols is 2. The van der Waals surface area contributed by atoms with Gasteiger partial charge in [-0.2, -0.15) is 0 Å². The molecular weight excluding hydrogens is 420 g/mol. The number of benzene rings is 2. The first-order valence-corrected chi connectivity index (χ1v) is 13.1. The predicted octanol–water partition coefficient (Wildman–Crippen LogP) is 7.25. The molecule has 0 spiro atoms. The van der Waals surface area contributed by atoms with Crippen LogP contribution in [0.1, 0.15) is 98.6 Å². The SMILES string of the molecule is CCCCc1cc(C)c(O)c(C=NC2CCCCC2N=Cc2cc(CCCC)cc(C)c2O)c1. The highest BCUT2D eigenvalue weighted by molar-refractivity contribution is 5.85. The molecule has 34 heavy (non-hydrogen) atoms. The minimum atomic E-state index is 0.0931. The lowest BCUT2D eigenvalue weighted by Gasteiger charge is -2.25. The van der Waals surface area contributed by atoms with E-state index in [1.54, 1.807) is 0 Å². The maximum Gasteiger partial charge on any atom is 0.127 e. The predicted molar refractivity (Wildman–Crippen MR) is 144 cm³/mol. The van der Waals surface area contributed by atoms with E-state index in [9.17, 15) is 10.2 Å². The fraction of sp³-hybridized carbons (Fsp3) is 0.533. The molecule has 0 aromatic heterocycles. The van der Waals surface area contributed by atoms with Crippen LogP contribution in [0.15, 0.2) is 34.3 Å². The summed E-state index contributed by atoms with van der Waals surface area (Å²) >= 11 is 0. The number of nitrogens with zero attached hydrogens (tertiary/aromatic N) is 2. The molecule has 0 bridgehead atoms. The molecule has 0 saturated heterocycles. The molecule has 2 aromatic rings. The summed E-state index contributed by atoms with van der Waals surface area (Å²) in [4.78, 5) is 9.81. The molecule has 2 aromatic carbocycles. The van der Waals surface area contributed by atoms with Crippen LogP contribution in [-0.2, 0) is 12.8 Å². The van der Waals surface area contributed by atoms with Crippen molar-refractivity contribution in [3.63, 3.8) is 0 Å². The van der Waals surface area contributed by atoms with Crippen molar-refractivity contribution in [3.05, 3.63) is 57.6 Å². The second-order valence-electron chi connectivity index (χ2n) is 9.88. The Balaban J connectivity index is 1.79. The van der Waals surface area contributed by atoms with Crippen molar-refractivity contribution in [1.29, 1.82) is 0 Å². The number of hydrogen-bond acceptors (Lipinski definition) is 4. The van der Waals surface area contributed by atoms with E-state index in [1.807, 2.05) is 26.3 Å². The van der Waals surface area contributed by atoms with Crippen LogP contribution in [0, 0.1) is 13.8 Å². The fourth-order valence-electron chi connectivity index (χ4n) is 4.81. The molecule has 4 heteroatoms. The van der Waals surface area contributed by atoms with Gasteiger partial charge in [0.15, 0.2) is 0 Å². The van der Waals surface area contributed by atoms with Crippen molar-refractivity contribution < 1.29 is 10.2 Å². The number of aliphatic imine (C=N–C) groups is 2. The Morgan fingerprint density at radius 3 is 1.53 bits per heavy atom. The van der Waals surface area contributed by atoms with Gasteiger partial charge < -0.3 is 10.2 Å². The van der Waals surface area contributed by atoms with Gasteiger partial charge in [-0.15, -0.1) is 0 Å². The monoisotopic (exact) mass is 462 g/mol. The van der Waals surface area contributed by atoms with Gasteiger partial charge in [0.05, 0.1) is 12.1 Å². The third kappa shape index (κ3) is 6.94. The third-order valence-electron chi connectivity index (χ3n) is 6.92. The molecule has 1 saturated carbocycles. The summed E-state index contributed by atoms with van der Waals surface area (Å²) in [6.45, 7) is 8.31. The van der Waals surface area contributed by atoms with Crippen molar-refractivity contribution in [2.24, 2.45) is 9.98 Å². The zero-order valence-electron chi connectivity index (χ0n) is 21.5. The summed E-state index contributed by atoms with van der Waals surface area (Å²) in [6.07, 6.45) is 14.6. The Hall–Kier alpha value is -2.62. The number of phenolic OH excluding ortho intramolecular Hbond substituents is 2. The quantitative estimate of drug-likeness (QED) is 0.365. The first kappa shape index (κ1) is 26.0. The van der Waals surface area contributed by atoms with E-state index in [-0.39, 0.29) is 12.1 Å². The lowest BCUT2D eigenvalue weighted by atomic mass is 9.91. The molecule has 4 nitrogen and oxygen atoms in total. The molecule has 1 aliphatic rings. The fourth-order valence-corrected chi connectivity index (χ4v) is 4.81. The molecule has 0 amide bonds. The molecule has 2 N–H and O–H groups in total. The maximum absolute atomic E-state index is 10.6. The second-order valence-corrected chi connectivity index (χ2v) is 9.88. The van der Waals surface area contributed by atoms with Crippen molar-refractivity contribution >= 4 is 12.4 Å². The summed E-state index contributed by atoms with van der Waals surface area (Å²) in [5.74, 6) is 0.647. The highest BCUT2D eigenvalue weighted by atomic mass is 16.3.